The Bertz CT molecular complexity index is 1320. The Morgan fingerprint density at radius 2 is 0.843 bits per heavy atom. The lowest BCUT2D eigenvalue weighted by Gasteiger charge is -2.29. The fourth-order valence-electron chi connectivity index (χ4n) is 8.51. The fraction of sp³-hybridized carbons (Fsp3) is 0.820. The number of aliphatic hydroxyl groups is 1. The highest BCUT2D eigenvalue weighted by Gasteiger charge is 2.23. The number of rotatable bonds is 54. The van der Waals surface area contributed by atoms with E-state index in [1.807, 2.05) is 27.2 Å². The first-order valence-corrected chi connectivity index (χ1v) is 31.1. The molecule has 0 heterocycles. The highest BCUT2D eigenvalue weighted by atomic mass is 31.2. The third-order valence-electron chi connectivity index (χ3n) is 13.2. The normalized spacial score (nSPS) is 14.3. The molecule has 0 aromatic carbocycles. The van der Waals surface area contributed by atoms with Gasteiger partial charge in [0.25, 0.3) is 7.82 Å². The van der Waals surface area contributed by atoms with Gasteiger partial charge in [0.05, 0.1) is 39.9 Å². The second kappa shape index (κ2) is 52.1. The van der Waals surface area contributed by atoms with Crippen LogP contribution in [0.2, 0.25) is 0 Å². The molecule has 0 aromatic heterocycles. The Balaban J connectivity index is 4.20. The van der Waals surface area contributed by atoms with E-state index in [4.69, 9.17) is 9.05 Å². The maximum absolute atomic E-state index is 12.9. The topological polar surface area (TPSA) is 108 Å². The minimum absolute atomic E-state index is 0.0137. The van der Waals surface area contributed by atoms with E-state index in [9.17, 15) is 19.4 Å². The van der Waals surface area contributed by atoms with E-state index in [0.717, 1.165) is 70.6 Å². The van der Waals surface area contributed by atoms with Crippen molar-refractivity contribution in [2.75, 3.05) is 40.9 Å². The molecule has 2 N–H and O–H groups in total. The third-order valence-corrected chi connectivity index (χ3v) is 14.1. The molecule has 0 aromatic rings. The van der Waals surface area contributed by atoms with Gasteiger partial charge in [0, 0.05) is 6.42 Å². The van der Waals surface area contributed by atoms with Gasteiger partial charge in [0.15, 0.2) is 0 Å². The van der Waals surface area contributed by atoms with Gasteiger partial charge >= 0.3 is 0 Å². The molecule has 3 unspecified atom stereocenters. The van der Waals surface area contributed by atoms with E-state index < -0.39 is 26.6 Å². The minimum Gasteiger partial charge on any atom is -0.756 e. The highest BCUT2D eigenvalue weighted by Crippen LogP contribution is 2.38. The lowest BCUT2D eigenvalue weighted by atomic mass is 10.0. The number of phosphoric acid groups is 1. The summed E-state index contributed by atoms with van der Waals surface area (Å²) in [5, 5.41) is 13.8. The van der Waals surface area contributed by atoms with Gasteiger partial charge in [-0.25, -0.2) is 0 Å². The summed E-state index contributed by atoms with van der Waals surface area (Å²) in [6.45, 7) is 4.61. The van der Waals surface area contributed by atoms with Crippen LogP contribution in [-0.2, 0) is 18.4 Å². The zero-order valence-electron chi connectivity index (χ0n) is 46.7. The molecule has 0 bridgehead atoms. The zero-order valence-corrected chi connectivity index (χ0v) is 47.6. The molecule has 410 valence electrons. The molecule has 0 saturated carbocycles. The zero-order chi connectivity index (χ0) is 51.3. The van der Waals surface area contributed by atoms with Crippen LogP contribution in [-0.4, -0.2) is 68.5 Å². The number of carbonyl (C=O) groups is 1. The number of aliphatic hydroxyl groups excluding tert-OH is 1. The van der Waals surface area contributed by atoms with Crippen molar-refractivity contribution in [3.63, 3.8) is 0 Å². The smallest absolute Gasteiger partial charge is 0.268 e. The van der Waals surface area contributed by atoms with Crippen molar-refractivity contribution in [2.24, 2.45) is 0 Å². The predicted molar refractivity (Wildman–Crippen MR) is 302 cm³/mol. The molecule has 0 radical (unpaired) electrons. The number of quaternary nitrogens is 1. The molecule has 70 heavy (non-hydrogen) atoms. The van der Waals surface area contributed by atoms with Gasteiger partial charge in [-0.2, -0.15) is 0 Å². The average Bonchev–Trinajstić information content (AvgIpc) is 3.32. The van der Waals surface area contributed by atoms with E-state index in [2.05, 4.69) is 67.8 Å². The summed E-state index contributed by atoms with van der Waals surface area (Å²) < 4.78 is 23.3. The number of hydrogen-bond donors (Lipinski definition) is 2. The van der Waals surface area contributed by atoms with Crippen LogP contribution in [0.3, 0.4) is 0 Å². The largest absolute Gasteiger partial charge is 0.756 e. The summed E-state index contributed by atoms with van der Waals surface area (Å²) in [4.78, 5) is 25.4. The summed E-state index contributed by atoms with van der Waals surface area (Å²) in [5.74, 6) is -0.225. The fourth-order valence-corrected chi connectivity index (χ4v) is 9.23. The molecule has 0 fully saturated rings. The summed E-state index contributed by atoms with van der Waals surface area (Å²) >= 11 is 0. The van der Waals surface area contributed by atoms with Crippen LogP contribution in [0.1, 0.15) is 271 Å². The van der Waals surface area contributed by atoms with Gasteiger partial charge < -0.3 is 28.8 Å². The molecule has 1 amide bonds. The lowest BCUT2D eigenvalue weighted by Crippen LogP contribution is -2.45. The van der Waals surface area contributed by atoms with Crippen LogP contribution in [0.5, 0.6) is 0 Å². The number of likely N-dealkylation sites (N-methyl/N-ethyl adjacent to an activating group) is 1. The Morgan fingerprint density at radius 3 is 1.26 bits per heavy atom. The van der Waals surface area contributed by atoms with Crippen molar-refractivity contribution in [1.29, 1.82) is 0 Å². The monoisotopic (exact) mass is 1000 g/mol. The molecule has 0 saturated heterocycles. The third kappa shape index (κ3) is 54.0. The number of phosphoric ester groups is 1. The number of hydrogen-bond acceptors (Lipinski definition) is 6. The lowest BCUT2D eigenvalue weighted by molar-refractivity contribution is -0.870. The van der Waals surface area contributed by atoms with E-state index >= 15 is 0 Å². The summed E-state index contributed by atoms with van der Waals surface area (Å²) in [7, 11) is 1.22. The van der Waals surface area contributed by atoms with Crippen molar-refractivity contribution >= 4 is 13.7 Å². The average molecular weight is 1000 g/mol. The molecule has 3 atom stereocenters. The Morgan fingerprint density at radius 1 is 0.500 bits per heavy atom. The number of carbonyl (C=O) groups excluding carboxylic acids is 1. The van der Waals surface area contributed by atoms with E-state index in [1.54, 1.807) is 6.08 Å². The molecule has 0 aliphatic carbocycles. The Labute approximate surface area is 434 Å². The molecule has 0 aliphatic rings. The van der Waals surface area contributed by atoms with Crippen molar-refractivity contribution in [1.82, 2.24) is 5.32 Å². The second-order valence-electron chi connectivity index (χ2n) is 21.3. The standard InChI is InChI=1S/C61H115N2O6P/c1-6-8-10-12-14-16-18-20-22-24-25-26-27-28-29-30-31-32-33-34-35-36-37-38-39-40-42-44-46-48-50-52-54-60(64)59(58-69-70(66,67)68-57-56-63(3,4)5)62-61(65)55-53-51-49-47-45-43-41-23-21-19-17-15-13-11-9-7-2/h17,19,23,38-39,41,44,46,52,54,59-60,64H,6-16,18,20-22,24-37,40,42-43,45,47-51,53,55-58H2,1-5H3,(H-,62,65,66,67)/b19-17-,39-38+,41-23-,46-44+,54-52+. The molecular weight excluding hydrogens is 888 g/mol. The first-order valence-electron chi connectivity index (χ1n) is 29.7. The molecule has 0 aliphatic heterocycles. The summed E-state index contributed by atoms with van der Waals surface area (Å²) in [5.41, 5.74) is 0. The number of nitrogens with one attached hydrogen (secondary N) is 1. The van der Waals surface area contributed by atoms with Crippen molar-refractivity contribution in [2.45, 2.75) is 283 Å². The summed E-state index contributed by atoms with van der Waals surface area (Å²) in [6.07, 6.45) is 70.4. The highest BCUT2D eigenvalue weighted by molar-refractivity contribution is 7.45. The Hall–Kier alpha value is -1.80. The van der Waals surface area contributed by atoms with E-state index in [-0.39, 0.29) is 12.5 Å². The maximum atomic E-state index is 12.9. The molecule has 0 spiro atoms. The van der Waals surface area contributed by atoms with Crippen molar-refractivity contribution < 1.29 is 32.9 Å². The number of nitrogens with zero attached hydrogens (tertiary/aromatic N) is 1. The SMILES string of the molecule is CCCCCC/C=C\C/C=C\CCCCCCCC(=O)NC(COP(=O)([O-])OCC[N+](C)(C)C)C(O)/C=C/CC/C=C/CC/C=C/CCCCCCCCCCCCCCCCCCCCCCCC. The van der Waals surface area contributed by atoms with Crippen LogP contribution in [0.25, 0.3) is 0 Å². The van der Waals surface area contributed by atoms with Gasteiger partial charge in [-0.05, 0) is 77.0 Å². The molecule has 8 nitrogen and oxygen atoms in total. The summed E-state index contributed by atoms with van der Waals surface area (Å²) in [6, 6.07) is -0.920. The minimum atomic E-state index is -4.61. The van der Waals surface area contributed by atoms with Crippen LogP contribution in [0, 0.1) is 0 Å². The van der Waals surface area contributed by atoms with E-state index in [0.29, 0.717) is 17.4 Å². The van der Waals surface area contributed by atoms with Gasteiger partial charge in [0.1, 0.15) is 13.2 Å². The van der Waals surface area contributed by atoms with Crippen molar-refractivity contribution in [3.8, 4) is 0 Å². The van der Waals surface area contributed by atoms with Gasteiger partial charge in [-0.3, -0.25) is 9.36 Å². The van der Waals surface area contributed by atoms with Crippen LogP contribution >= 0.6 is 7.82 Å². The number of allylic oxidation sites excluding steroid dienone is 9. The first kappa shape index (κ1) is 68.2. The molecular formula is C61H115N2O6P. The van der Waals surface area contributed by atoms with Crippen molar-refractivity contribution in [3.05, 3.63) is 60.8 Å². The number of unbranched alkanes of at least 4 members (excludes halogenated alkanes) is 33. The molecule has 9 heteroatoms. The first-order chi connectivity index (χ1) is 34.0. The second-order valence-corrected chi connectivity index (χ2v) is 22.7. The Kier molecular flexibility index (Phi) is 50.7. The number of amides is 1. The van der Waals surface area contributed by atoms with Crippen LogP contribution < -0.4 is 10.2 Å². The predicted octanol–water partition coefficient (Wildman–Crippen LogP) is 17.5. The van der Waals surface area contributed by atoms with Crippen LogP contribution in [0.4, 0.5) is 0 Å². The van der Waals surface area contributed by atoms with Gasteiger partial charge in [-0.15, -0.1) is 0 Å². The molecule has 0 rings (SSSR count). The van der Waals surface area contributed by atoms with Crippen LogP contribution in [0.15, 0.2) is 60.8 Å². The van der Waals surface area contributed by atoms with Gasteiger partial charge in [0.2, 0.25) is 5.91 Å². The van der Waals surface area contributed by atoms with E-state index in [1.165, 1.54) is 180 Å². The maximum Gasteiger partial charge on any atom is 0.268 e. The van der Waals surface area contributed by atoms with Gasteiger partial charge in [-0.1, -0.05) is 248 Å². The quantitative estimate of drug-likeness (QED) is 0.0272.